The van der Waals surface area contributed by atoms with E-state index in [0.717, 1.165) is 23.4 Å². The Morgan fingerprint density at radius 2 is 2.00 bits per heavy atom. The number of para-hydroxylation sites is 2. The van der Waals surface area contributed by atoms with E-state index in [2.05, 4.69) is 17.3 Å². The van der Waals surface area contributed by atoms with Crippen molar-refractivity contribution in [1.29, 1.82) is 0 Å². The van der Waals surface area contributed by atoms with Crippen LogP contribution in [0.5, 0.6) is 0 Å². The Morgan fingerprint density at radius 1 is 1.22 bits per heavy atom. The minimum atomic E-state index is 0.194. The second-order valence-corrected chi connectivity index (χ2v) is 5.34. The fourth-order valence-corrected chi connectivity index (χ4v) is 3.03. The van der Waals surface area contributed by atoms with Crippen LogP contribution in [0.2, 0.25) is 0 Å². The highest BCUT2D eigenvalue weighted by molar-refractivity contribution is 5.72. The molecular formula is C15H20N2O. The molecule has 1 N–H and O–H groups in total. The third kappa shape index (κ3) is 2.15. The number of rotatable bonds is 3. The number of nitrogens with zero attached hydrogens (tertiary/aromatic N) is 1. The molecule has 0 bridgehead atoms. The second kappa shape index (κ2) is 4.73. The fourth-order valence-electron chi connectivity index (χ4n) is 3.03. The highest BCUT2D eigenvalue weighted by Crippen LogP contribution is 2.31. The summed E-state index contributed by atoms with van der Waals surface area (Å²) >= 11 is 0. The van der Waals surface area contributed by atoms with E-state index >= 15 is 0 Å². The van der Waals surface area contributed by atoms with Crippen molar-refractivity contribution in [2.75, 3.05) is 7.05 Å². The smallest absolute Gasteiger partial charge is 0.197 e. The molecule has 0 atom stereocenters. The highest BCUT2D eigenvalue weighted by Gasteiger charge is 2.32. The zero-order valence-electron chi connectivity index (χ0n) is 10.9. The van der Waals surface area contributed by atoms with E-state index in [0.29, 0.717) is 0 Å². The Labute approximate surface area is 108 Å². The molecule has 3 rings (SSSR count). The van der Waals surface area contributed by atoms with Crippen LogP contribution in [0, 0.1) is 0 Å². The van der Waals surface area contributed by atoms with Gasteiger partial charge in [-0.05, 0) is 32.0 Å². The molecule has 3 nitrogen and oxygen atoms in total. The number of fused-ring (bicyclic) bond motifs is 1. The Morgan fingerprint density at radius 3 is 2.72 bits per heavy atom. The molecule has 1 fully saturated rings. The van der Waals surface area contributed by atoms with E-state index < -0.39 is 0 Å². The van der Waals surface area contributed by atoms with Crippen LogP contribution in [0.15, 0.2) is 28.7 Å². The summed E-state index contributed by atoms with van der Waals surface area (Å²) in [7, 11) is 2.06. The summed E-state index contributed by atoms with van der Waals surface area (Å²) in [6.45, 7) is 0. The molecule has 96 valence electrons. The molecule has 18 heavy (non-hydrogen) atoms. The van der Waals surface area contributed by atoms with Crippen LogP contribution in [0.25, 0.3) is 11.1 Å². The van der Waals surface area contributed by atoms with Gasteiger partial charge in [0.1, 0.15) is 5.52 Å². The maximum absolute atomic E-state index is 5.85. The summed E-state index contributed by atoms with van der Waals surface area (Å²) in [6.07, 6.45) is 7.32. The van der Waals surface area contributed by atoms with Crippen molar-refractivity contribution in [1.82, 2.24) is 10.3 Å². The van der Waals surface area contributed by atoms with Gasteiger partial charge in [0.15, 0.2) is 11.5 Å². The van der Waals surface area contributed by atoms with Gasteiger partial charge in [-0.2, -0.15) is 0 Å². The summed E-state index contributed by atoms with van der Waals surface area (Å²) in [5, 5.41) is 3.51. The first-order valence-electron chi connectivity index (χ1n) is 6.85. The monoisotopic (exact) mass is 244 g/mol. The zero-order chi connectivity index (χ0) is 12.4. The minimum Gasteiger partial charge on any atom is -0.441 e. The first-order chi connectivity index (χ1) is 8.81. The van der Waals surface area contributed by atoms with Crippen LogP contribution in [-0.2, 0) is 6.42 Å². The van der Waals surface area contributed by atoms with Gasteiger partial charge >= 0.3 is 0 Å². The van der Waals surface area contributed by atoms with Gasteiger partial charge in [0, 0.05) is 12.0 Å². The van der Waals surface area contributed by atoms with Crippen LogP contribution in [-0.4, -0.2) is 17.6 Å². The number of aromatic nitrogens is 1. The van der Waals surface area contributed by atoms with Gasteiger partial charge in [-0.15, -0.1) is 0 Å². The van der Waals surface area contributed by atoms with Crippen LogP contribution >= 0.6 is 0 Å². The molecule has 2 aromatic rings. The van der Waals surface area contributed by atoms with Crippen molar-refractivity contribution in [3.63, 3.8) is 0 Å². The number of benzene rings is 1. The Balaban J connectivity index is 1.85. The van der Waals surface area contributed by atoms with Gasteiger partial charge in [-0.25, -0.2) is 4.98 Å². The average molecular weight is 244 g/mol. The summed E-state index contributed by atoms with van der Waals surface area (Å²) in [5.74, 6) is 0.868. The first-order valence-corrected chi connectivity index (χ1v) is 6.85. The average Bonchev–Trinajstić information content (AvgIpc) is 2.81. The molecule has 3 heteroatoms. The number of oxazole rings is 1. The molecule has 0 unspecified atom stereocenters. The van der Waals surface area contributed by atoms with Crippen molar-refractivity contribution < 1.29 is 4.42 Å². The molecular weight excluding hydrogens is 224 g/mol. The standard InChI is InChI=1S/C15H20N2O/c1-16-15(9-5-2-6-10-15)11-14-17-12-7-3-4-8-13(12)18-14/h3-4,7-8,16H,2,5-6,9-11H2,1H3. The van der Waals surface area contributed by atoms with Crippen molar-refractivity contribution in [3.05, 3.63) is 30.2 Å². The van der Waals surface area contributed by atoms with E-state index in [-0.39, 0.29) is 5.54 Å². The maximum Gasteiger partial charge on any atom is 0.197 e. The lowest BCUT2D eigenvalue weighted by molar-refractivity contribution is 0.230. The predicted molar refractivity (Wildman–Crippen MR) is 72.6 cm³/mol. The lowest BCUT2D eigenvalue weighted by atomic mass is 9.79. The van der Waals surface area contributed by atoms with E-state index in [1.54, 1.807) is 0 Å². The quantitative estimate of drug-likeness (QED) is 0.900. The lowest BCUT2D eigenvalue weighted by Crippen LogP contribution is -2.46. The number of nitrogens with one attached hydrogen (secondary N) is 1. The third-order valence-electron chi connectivity index (χ3n) is 4.17. The largest absolute Gasteiger partial charge is 0.441 e. The van der Waals surface area contributed by atoms with E-state index in [9.17, 15) is 0 Å². The number of hydrogen-bond acceptors (Lipinski definition) is 3. The maximum atomic E-state index is 5.85. The van der Waals surface area contributed by atoms with Gasteiger partial charge in [0.2, 0.25) is 0 Å². The first kappa shape index (κ1) is 11.7. The van der Waals surface area contributed by atoms with Gasteiger partial charge < -0.3 is 9.73 Å². The molecule has 1 aromatic carbocycles. The predicted octanol–water partition coefficient (Wildman–Crippen LogP) is 3.29. The minimum absolute atomic E-state index is 0.194. The molecule has 1 aromatic heterocycles. The van der Waals surface area contributed by atoms with Gasteiger partial charge in [-0.3, -0.25) is 0 Å². The summed E-state index contributed by atoms with van der Waals surface area (Å²) < 4.78 is 5.85. The van der Waals surface area contributed by atoms with Crippen LogP contribution < -0.4 is 5.32 Å². The molecule has 0 aliphatic heterocycles. The Bertz CT molecular complexity index is 493. The second-order valence-electron chi connectivity index (χ2n) is 5.34. The third-order valence-corrected chi connectivity index (χ3v) is 4.17. The molecule has 1 aliphatic carbocycles. The van der Waals surface area contributed by atoms with Gasteiger partial charge in [0.25, 0.3) is 0 Å². The normalized spacial score (nSPS) is 19.2. The molecule has 1 aliphatic rings. The Kier molecular flexibility index (Phi) is 3.08. The highest BCUT2D eigenvalue weighted by atomic mass is 16.3. The molecule has 0 saturated heterocycles. The van der Waals surface area contributed by atoms with Gasteiger partial charge in [0.05, 0.1) is 0 Å². The summed E-state index contributed by atoms with van der Waals surface area (Å²) in [6, 6.07) is 7.99. The van der Waals surface area contributed by atoms with Crippen LogP contribution in [0.4, 0.5) is 0 Å². The molecule has 1 saturated carbocycles. The molecule has 0 amide bonds. The summed E-state index contributed by atoms with van der Waals surface area (Å²) in [4.78, 5) is 4.59. The zero-order valence-corrected chi connectivity index (χ0v) is 10.9. The number of hydrogen-bond donors (Lipinski definition) is 1. The van der Waals surface area contributed by atoms with Gasteiger partial charge in [-0.1, -0.05) is 31.4 Å². The van der Waals surface area contributed by atoms with E-state index in [4.69, 9.17) is 4.42 Å². The van der Waals surface area contributed by atoms with E-state index in [1.165, 1.54) is 32.1 Å². The lowest BCUT2D eigenvalue weighted by Gasteiger charge is -2.36. The van der Waals surface area contributed by atoms with Crippen molar-refractivity contribution in [2.24, 2.45) is 0 Å². The topological polar surface area (TPSA) is 38.1 Å². The molecule has 0 spiro atoms. The SMILES string of the molecule is CNC1(Cc2nc3ccccc3o2)CCCCC1. The van der Waals surface area contributed by atoms with Crippen molar-refractivity contribution in [3.8, 4) is 0 Å². The van der Waals surface area contributed by atoms with E-state index in [1.807, 2.05) is 24.3 Å². The molecule has 0 radical (unpaired) electrons. The fraction of sp³-hybridized carbons (Fsp3) is 0.533. The molecule has 1 heterocycles. The van der Waals surface area contributed by atoms with Crippen LogP contribution in [0.3, 0.4) is 0 Å². The number of likely N-dealkylation sites (N-methyl/N-ethyl adjacent to an activating group) is 1. The Hall–Kier alpha value is -1.35. The van der Waals surface area contributed by atoms with Crippen molar-refractivity contribution >= 4 is 11.1 Å². The van der Waals surface area contributed by atoms with Crippen LogP contribution in [0.1, 0.15) is 38.0 Å². The van der Waals surface area contributed by atoms with Crippen molar-refractivity contribution in [2.45, 2.75) is 44.1 Å². The summed E-state index contributed by atoms with van der Waals surface area (Å²) in [5.41, 5.74) is 2.06.